The van der Waals surface area contributed by atoms with Crippen molar-refractivity contribution in [3.05, 3.63) is 0 Å². The summed E-state index contributed by atoms with van der Waals surface area (Å²) in [4.78, 5) is 70.4. The predicted molar refractivity (Wildman–Crippen MR) is 203 cm³/mol. The molecule has 0 saturated carbocycles. The summed E-state index contributed by atoms with van der Waals surface area (Å²) in [5, 5.41) is 73.5. The fourth-order valence-corrected chi connectivity index (χ4v) is 8.42. The molecule has 0 saturated heterocycles. The lowest BCUT2D eigenvalue weighted by Crippen LogP contribution is -2.70. The lowest BCUT2D eigenvalue weighted by Gasteiger charge is -2.60. The van der Waals surface area contributed by atoms with Crippen molar-refractivity contribution in [1.82, 2.24) is 0 Å². The van der Waals surface area contributed by atoms with Crippen molar-refractivity contribution in [3.8, 4) is 0 Å². The fourth-order valence-electron chi connectivity index (χ4n) is 6.15. The smallest absolute Gasteiger partial charge is 0.304 e. The van der Waals surface area contributed by atoms with Gasteiger partial charge in [0.05, 0.1) is 81.6 Å². The Morgan fingerprint density at radius 3 is 0.784 bits per heavy atom. The molecule has 296 valence electrons. The molecule has 0 aromatic rings. The highest BCUT2D eigenvalue weighted by Crippen LogP contribution is 2.56. The minimum absolute atomic E-state index is 0.523. The van der Waals surface area contributed by atoms with Crippen LogP contribution in [0, 0.1) is 5.41 Å². The van der Waals surface area contributed by atoms with Gasteiger partial charge in [-0.05, 0) is 25.7 Å². The second kappa shape index (κ2) is 23.5. The van der Waals surface area contributed by atoms with Crippen LogP contribution in [0.25, 0.3) is 0 Å². The molecule has 0 radical (unpaired) electrons. The number of aliphatic hydroxyl groups excluding tert-OH is 2. The van der Waals surface area contributed by atoms with E-state index in [9.17, 15) is 69.6 Å². The number of thiol groups is 6. The van der Waals surface area contributed by atoms with Crippen LogP contribution in [0.4, 0.5) is 0 Å². The van der Waals surface area contributed by atoms with E-state index in [1.54, 1.807) is 0 Å². The number of carbonyl (C=O) groups is 6. The van der Waals surface area contributed by atoms with E-state index < -0.39 is 175 Å². The van der Waals surface area contributed by atoms with Crippen molar-refractivity contribution >= 4 is 112 Å². The zero-order valence-electron chi connectivity index (χ0n) is 27.4. The SMILES string of the molecule is O=C(O)CC(S)COC(CC(S)CC(=O)O)(CC(S)CC(=O)O)C(CO)(CO)C(CC(S)CC(=O)O)(CC(S)CC(=O)O)OCC(S)CC(=O)O. The number of hydrogen-bond acceptors (Lipinski definition) is 16. The Hall–Kier alpha value is -1.24. The van der Waals surface area contributed by atoms with Gasteiger partial charge in [0.15, 0.2) is 0 Å². The summed E-state index contributed by atoms with van der Waals surface area (Å²) >= 11 is 26.3. The highest BCUT2D eigenvalue weighted by Gasteiger charge is 2.65. The standard InChI is InChI=1S/C29H48O16S6/c30-13-27(14-31,28(7-15(46)1-21(32)33,8-16(47)2-22(34)35)44-11-19(50)5-25(40)41)29(9-17(48)3-23(36)37,10-18(49)4-24(38)39)45-12-20(51)6-26(42)43/h15-20,30-31,46-51H,1-14H2,(H,32,33)(H,34,35)(H,36,37)(H,38,39)(H,40,41)(H,42,43). The monoisotopic (exact) mass is 844 g/mol. The normalized spacial score (nSPS) is 17.9. The third kappa shape index (κ3) is 17.2. The average molecular weight is 845 g/mol. The molecule has 0 rings (SSSR count). The van der Waals surface area contributed by atoms with Crippen LogP contribution in [0.5, 0.6) is 0 Å². The Balaban J connectivity index is 8.33. The summed E-state index contributed by atoms with van der Waals surface area (Å²) in [5.41, 5.74) is -6.70. The molecule has 0 bridgehead atoms. The molecule has 0 heterocycles. The number of aliphatic carboxylic acids is 6. The van der Waals surface area contributed by atoms with Gasteiger partial charge in [-0.1, -0.05) is 0 Å². The molecule has 8 N–H and O–H groups in total. The lowest BCUT2D eigenvalue weighted by atomic mass is 9.55. The third-order valence-electron chi connectivity index (χ3n) is 8.11. The summed E-state index contributed by atoms with van der Waals surface area (Å²) in [6, 6.07) is 0. The molecule has 6 unspecified atom stereocenters. The first-order valence-electron chi connectivity index (χ1n) is 15.4. The van der Waals surface area contributed by atoms with Crippen molar-refractivity contribution in [1.29, 1.82) is 0 Å². The van der Waals surface area contributed by atoms with Crippen LogP contribution in [0.3, 0.4) is 0 Å². The highest BCUT2D eigenvalue weighted by atomic mass is 32.1. The van der Waals surface area contributed by atoms with Crippen molar-refractivity contribution in [3.63, 3.8) is 0 Å². The van der Waals surface area contributed by atoms with Crippen LogP contribution in [-0.4, -0.2) is 146 Å². The molecule has 51 heavy (non-hydrogen) atoms. The summed E-state index contributed by atoms with van der Waals surface area (Å²) < 4.78 is 12.9. The molecule has 0 aliphatic rings. The predicted octanol–water partition coefficient (Wildman–Crippen LogP) is 1.67. The van der Waals surface area contributed by atoms with Crippen LogP contribution < -0.4 is 0 Å². The molecular formula is C29H48O16S6. The van der Waals surface area contributed by atoms with E-state index in [0.717, 1.165) is 0 Å². The van der Waals surface area contributed by atoms with E-state index in [1.165, 1.54) is 0 Å². The van der Waals surface area contributed by atoms with Crippen LogP contribution in [0.15, 0.2) is 0 Å². The van der Waals surface area contributed by atoms with Crippen molar-refractivity contribution in [2.75, 3.05) is 26.4 Å². The maximum atomic E-state index is 11.8. The van der Waals surface area contributed by atoms with E-state index in [2.05, 4.69) is 75.8 Å². The number of aliphatic hydroxyl groups is 2. The zero-order chi connectivity index (χ0) is 39.7. The average Bonchev–Trinajstić information content (AvgIpc) is 2.93. The fraction of sp³-hybridized carbons (Fsp3) is 0.793. The van der Waals surface area contributed by atoms with Gasteiger partial charge in [-0.25, -0.2) is 0 Å². The molecule has 0 aromatic heterocycles. The second-order valence-corrected chi connectivity index (χ2v) is 16.7. The quantitative estimate of drug-likeness (QED) is 0.0458. The topological polar surface area (TPSA) is 283 Å². The Kier molecular flexibility index (Phi) is 23.0. The minimum Gasteiger partial charge on any atom is -0.481 e. The van der Waals surface area contributed by atoms with Gasteiger partial charge in [-0.3, -0.25) is 28.8 Å². The Morgan fingerprint density at radius 1 is 0.412 bits per heavy atom. The first-order chi connectivity index (χ1) is 23.5. The molecule has 22 heteroatoms. The van der Waals surface area contributed by atoms with Crippen molar-refractivity contribution in [2.24, 2.45) is 5.41 Å². The second-order valence-electron chi connectivity index (χ2n) is 12.3. The van der Waals surface area contributed by atoms with E-state index in [1.807, 2.05) is 0 Å². The van der Waals surface area contributed by atoms with Crippen molar-refractivity contribution < 1.29 is 79.1 Å². The van der Waals surface area contributed by atoms with Gasteiger partial charge >= 0.3 is 35.8 Å². The summed E-state index contributed by atoms with van der Waals surface area (Å²) in [5.74, 6) is -7.92. The Labute approximate surface area is 327 Å². The lowest BCUT2D eigenvalue weighted by molar-refractivity contribution is -0.271. The van der Waals surface area contributed by atoms with Gasteiger partial charge in [-0.2, -0.15) is 75.8 Å². The van der Waals surface area contributed by atoms with Crippen LogP contribution >= 0.6 is 75.8 Å². The first-order valence-corrected chi connectivity index (χ1v) is 18.5. The molecule has 0 aliphatic carbocycles. The van der Waals surface area contributed by atoms with E-state index in [0.29, 0.717) is 0 Å². The van der Waals surface area contributed by atoms with Gasteiger partial charge in [-0.15, -0.1) is 0 Å². The van der Waals surface area contributed by atoms with E-state index in [4.69, 9.17) is 9.47 Å². The molecular weight excluding hydrogens is 797 g/mol. The van der Waals surface area contributed by atoms with E-state index in [-0.39, 0.29) is 0 Å². The highest BCUT2D eigenvalue weighted by molar-refractivity contribution is 7.81. The van der Waals surface area contributed by atoms with Gasteiger partial charge in [0.25, 0.3) is 0 Å². The molecule has 0 amide bonds. The molecule has 0 spiro atoms. The number of carboxylic acid groups (broad SMARTS) is 6. The number of ether oxygens (including phenoxy) is 2. The van der Waals surface area contributed by atoms with Gasteiger partial charge in [0.1, 0.15) is 0 Å². The third-order valence-corrected chi connectivity index (χ3v) is 10.2. The first kappa shape index (κ1) is 49.8. The summed E-state index contributed by atoms with van der Waals surface area (Å²) in [6.45, 7) is -3.45. The van der Waals surface area contributed by atoms with Gasteiger partial charge < -0.3 is 50.3 Å². The maximum Gasteiger partial charge on any atom is 0.304 e. The van der Waals surface area contributed by atoms with Crippen LogP contribution in [0.1, 0.15) is 64.2 Å². The maximum absolute atomic E-state index is 11.8. The van der Waals surface area contributed by atoms with Crippen LogP contribution in [-0.2, 0) is 38.2 Å². The Morgan fingerprint density at radius 2 is 0.608 bits per heavy atom. The van der Waals surface area contributed by atoms with E-state index >= 15 is 0 Å². The summed E-state index contributed by atoms with van der Waals surface area (Å²) in [6.07, 6.45) is -5.83. The molecule has 0 fully saturated rings. The van der Waals surface area contributed by atoms with Gasteiger partial charge in [0, 0.05) is 31.5 Å². The molecule has 0 aromatic carbocycles. The Bertz CT molecular complexity index is 1040. The van der Waals surface area contributed by atoms with Gasteiger partial charge in [0.2, 0.25) is 0 Å². The molecule has 0 aliphatic heterocycles. The van der Waals surface area contributed by atoms with Crippen LogP contribution in [0.2, 0.25) is 0 Å². The molecule has 6 atom stereocenters. The number of carboxylic acids is 6. The largest absolute Gasteiger partial charge is 0.481 e. The number of rotatable bonds is 30. The van der Waals surface area contributed by atoms with Crippen molar-refractivity contribution in [2.45, 2.75) is 107 Å². The number of hydrogen-bond donors (Lipinski definition) is 14. The zero-order valence-corrected chi connectivity index (χ0v) is 32.8. The molecule has 16 nitrogen and oxygen atoms in total. The minimum atomic E-state index is -2.33. The summed E-state index contributed by atoms with van der Waals surface area (Å²) in [7, 11) is 0.